The Morgan fingerprint density at radius 2 is 1.89 bits per heavy atom. The summed E-state index contributed by atoms with van der Waals surface area (Å²) < 4.78 is 20.0. The molecule has 8 heteroatoms. The first-order valence-electron chi connectivity index (χ1n) is 12.8. The molecular weight excluding hydrogens is 461 g/mol. The molecule has 2 heterocycles. The van der Waals surface area contributed by atoms with E-state index in [1.54, 1.807) is 12.1 Å². The molecule has 36 heavy (non-hydrogen) atoms. The molecule has 0 saturated carbocycles. The van der Waals surface area contributed by atoms with Crippen molar-refractivity contribution in [2.75, 3.05) is 36.0 Å². The molecule has 0 aromatic heterocycles. The molecule has 0 aliphatic carbocycles. The molecule has 1 atom stereocenters. The lowest BCUT2D eigenvalue weighted by atomic mass is 9.97. The van der Waals surface area contributed by atoms with E-state index in [1.807, 2.05) is 30.0 Å². The van der Waals surface area contributed by atoms with Gasteiger partial charge in [-0.25, -0.2) is 9.18 Å². The maximum absolute atomic E-state index is 14.7. The van der Waals surface area contributed by atoms with Crippen molar-refractivity contribution in [1.29, 1.82) is 0 Å². The third-order valence-corrected chi connectivity index (χ3v) is 6.80. The summed E-state index contributed by atoms with van der Waals surface area (Å²) in [6.07, 6.45) is 3.16. The van der Waals surface area contributed by atoms with Gasteiger partial charge in [0.15, 0.2) is 5.78 Å². The van der Waals surface area contributed by atoms with E-state index >= 15 is 0 Å². The van der Waals surface area contributed by atoms with Gasteiger partial charge in [-0.05, 0) is 55.5 Å². The highest BCUT2D eigenvalue weighted by atomic mass is 19.1. The molecule has 1 unspecified atom stereocenters. The van der Waals surface area contributed by atoms with Crippen LogP contribution in [0.4, 0.5) is 20.6 Å². The van der Waals surface area contributed by atoms with Crippen molar-refractivity contribution in [3.8, 4) is 0 Å². The van der Waals surface area contributed by atoms with E-state index in [9.17, 15) is 18.8 Å². The predicted molar refractivity (Wildman–Crippen MR) is 137 cm³/mol. The summed E-state index contributed by atoms with van der Waals surface area (Å²) in [5.74, 6) is -0.707. The van der Waals surface area contributed by atoms with E-state index in [1.165, 1.54) is 16.5 Å². The summed E-state index contributed by atoms with van der Waals surface area (Å²) >= 11 is 0. The lowest BCUT2D eigenvalue weighted by molar-refractivity contribution is -0.121. The SMILES string of the molecule is CCCc1ccc(C(=O)CCC(=O)NCC2CN(c3ccc(N4CCCC4)c(F)c3)C(=O)O2)c(C)c1. The standard InChI is InChI=1S/C28H34FN3O4/c1-3-6-20-7-9-23(19(2)15-20)26(33)11-12-27(34)30-17-22-18-32(28(35)36-22)21-8-10-25(24(29)16-21)31-13-4-5-14-31/h7-10,15-16,22H,3-6,11-14,17-18H2,1-2H3,(H,30,34). The number of anilines is 2. The third-order valence-electron chi connectivity index (χ3n) is 6.80. The van der Waals surface area contributed by atoms with Gasteiger partial charge in [0.1, 0.15) is 11.9 Å². The van der Waals surface area contributed by atoms with E-state index in [-0.39, 0.29) is 43.4 Å². The number of ketones is 1. The number of hydrogen-bond acceptors (Lipinski definition) is 5. The van der Waals surface area contributed by atoms with Gasteiger partial charge in [0.2, 0.25) is 5.91 Å². The second-order valence-corrected chi connectivity index (χ2v) is 9.57. The summed E-state index contributed by atoms with van der Waals surface area (Å²) in [5, 5.41) is 2.75. The van der Waals surface area contributed by atoms with Crippen LogP contribution >= 0.6 is 0 Å². The summed E-state index contributed by atoms with van der Waals surface area (Å²) in [5.41, 5.74) is 3.75. The topological polar surface area (TPSA) is 79.0 Å². The molecule has 4 rings (SSSR count). The van der Waals surface area contributed by atoms with E-state index < -0.39 is 12.2 Å². The Bertz CT molecular complexity index is 1130. The van der Waals surface area contributed by atoms with Crippen molar-refractivity contribution >= 4 is 29.2 Å². The Hall–Kier alpha value is -3.42. The monoisotopic (exact) mass is 495 g/mol. The highest BCUT2D eigenvalue weighted by Gasteiger charge is 2.33. The maximum Gasteiger partial charge on any atom is 0.414 e. The first kappa shape index (κ1) is 25.7. The first-order valence-corrected chi connectivity index (χ1v) is 12.8. The molecule has 192 valence electrons. The number of aryl methyl sites for hydroxylation is 2. The lowest BCUT2D eigenvalue weighted by Gasteiger charge is -2.20. The number of carbonyl (C=O) groups is 3. The second-order valence-electron chi connectivity index (χ2n) is 9.57. The quantitative estimate of drug-likeness (QED) is 0.480. The van der Waals surface area contributed by atoms with Gasteiger partial charge < -0.3 is 15.0 Å². The number of benzene rings is 2. The number of carbonyl (C=O) groups excluding carboxylic acids is 3. The van der Waals surface area contributed by atoms with Gasteiger partial charge in [0.05, 0.1) is 24.5 Å². The normalized spacial score (nSPS) is 17.4. The van der Waals surface area contributed by atoms with Crippen LogP contribution in [-0.4, -0.2) is 50.1 Å². The minimum absolute atomic E-state index is 0.0581. The van der Waals surface area contributed by atoms with Crippen LogP contribution in [0.15, 0.2) is 36.4 Å². The number of ether oxygens (including phenoxy) is 1. The van der Waals surface area contributed by atoms with Crippen LogP contribution in [0.5, 0.6) is 0 Å². The molecule has 0 radical (unpaired) electrons. The zero-order chi connectivity index (χ0) is 25.7. The number of Topliss-reactive ketones (excluding diaryl/α,β-unsaturated/α-hetero) is 1. The molecular formula is C28H34FN3O4. The highest BCUT2D eigenvalue weighted by Crippen LogP contribution is 2.29. The fourth-order valence-electron chi connectivity index (χ4n) is 4.88. The van der Waals surface area contributed by atoms with E-state index in [4.69, 9.17) is 4.74 Å². The second kappa shape index (κ2) is 11.5. The van der Waals surface area contributed by atoms with Crippen LogP contribution in [0, 0.1) is 12.7 Å². The number of nitrogens with zero attached hydrogens (tertiary/aromatic N) is 2. The van der Waals surface area contributed by atoms with Crippen molar-refractivity contribution in [1.82, 2.24) is 5.32 Å². The zero-order valence-electron chi connectivity index (χ0n) is 21.0. The molecule has 2 amide bonds. The van der Waals surface area contributed by atoms with E-state index in [2.05, 4.69) is 12.2 Å². The summed E-state index contributed by atoms with van der Waals surface area (Å²) in [7, 11) is 0. The molecule has 1 N–H and O–H groups in total. The zero-order valence-corrected chi connectivity index (χ0v) is 21.0. The smallest absolute Gasteiger partial charge is 0.414 e. The minimum atomic E-state index is -0.570. The Kier molecular flexibility index (Phi) is 8.23. The van der Waals surface area contributed by atoms with Crippen LogP contribution in [0.1, 0.15) is 60.5 Å². The van der Waals surface area contributed by atoms with Crippen LogP contribution in [-0.2, 0) is 16.0 Å². The summed E-state index contributed by atoms with van der Waals surface area (Å²) in [6.45, 7) is 6.04. The number of amides is 2. The number of nitrogens with one attached hydrogen (secondary N) is 1. The average Bonchev–Trinajstić information content (AvgIpc) is 3.51. The Labute approximate surface area is 211 Å². The van der Waals surface area contributed by atoms with Crippen LogP contribution in [0.25, 0.3) is 0 Å². The van der Waals surface area contributed by atoms with Gasteiger partial charge in [-0.3, -0.25) is 14.5 Å². The van der Waals surface area contributed by atoms with Crippen molar-refractivity contribution in [3.05, 3.63) is 58.9 Å². The van der Waals surface area contributed by atoms with Crippen molar-refractivity contribution in [2.24, 2.45) is 0 Å². The molecule has 2 aliphatic heterocycles. The van der Waals surface area contributed by atoms with Crippen molar-refractivity contribution in [2.45, 2.75) is 58.5 Å². The molecule has 2 saturated heterocycles. The van der Waals surface area contributed by atoms with Gasteiger partial charge in [0.25, 0.3) is 0 Å². The number of hydrogen-bond donors (Lipinski definition) is 1. The number of halogens is 1. The first-order chi connectivity index (χ1) is 17.4. The van der Waals surface area contributed by atoms with Crippen molar-refractivity contribution < 1.29 is 23.5 Å². The fraction of sp³-hybridized carbons (Fsp3) is 0.464. The molecule has 2 aliphatic rings. The van der Waals surface area contributed by atoms with Crippen LogP contribution in [0.3, 0.4) is 0 Å². The number of cyclic esters (lactones) is 1. The molecule has 2 aromatic carbocycles. The predicted octanol–water partition coefficient (Wildman–Crippen LogP) is 4.79. The fourth-order valence-corrected chi connectivity index (χ4v) is 4.88. The summed E-state index contributed by atoms with van der Waals surface area (Å²) in [6, 6.07) is 10.6. The Morgan fingerprint density at radius 1 is 1.11 bits per heavy atom. The largest absolute Gasteiger partial charge is 0.442 e. The van der Waals surface area contributed by atoms with Crippen LogP contribution < -0.4 is 15.1 Å². The van der Waals surface area contributed by atoms with Gasteiger partial charge in [-0.1, -0.05) is 31.5 Å². The highest BCUT2D eigenvalue weighted by molar-refractivity contribution is 5.99. The van der Waals surface area contributed by atoms with Gasteiger partial charge in [-0.2, -0.15) is 0 Å². The molecule has 0 bridgehead atoms. The van der Waals surface area contributed by atoms with E-state index in [0.717, 1.165) is 44.3 Å². The molecule has 0 spiro atoms. The summed E-state index contributed by atoms with van der Waals surface area (Å²) in [4.78, 5) is 40.7. The van der Waals surface area contributed by atoms with Gasteiger partial charge in [-0.15, -0.1) is 0 Å². The van der Waals surface area contributed by atoms with E-state index in [0.29, 0.717) is 16.9 Å². The lowest BCUT2D eigenvalue weighted by Crippen LogP contribution is -2.34. The van der Waals surface area contributed by atoms with Gasteiger partial charge in [0, 0.05) is 31.5 Å². The molecule has 2 fully saturated rings. The maximum atomic E-state index is 14.7. The minimum Gasteiger partial charge on any atom is -0.442 e. The Balaban J connectivity index is 1.25. The van der Waals surface area contributed by atoms with Crippen molar-refractivity contribution in [3.63, 3.8) is 0 Å². The Morgan fingerprint density at radius 3 is 2.58 bits per heavy atom. The molecule has 7 nitrogen and oxygen atoms in total. The van der Waals surface area contributed by atoms with Gasteiger partial charge >= 0.3 is 6.09 Å². The van der Waals surface area contributed by atoms with Crippen LogP contribution in [0.2, 0.25) is 0 Å². The molecule has 2 aromatic rings. The third kappa shape index (κ3) is 6.04. The number of rotatable bonds is 10. The average molecular weight is 496 g/mol.